The van der Waals surface area contributed by atoms with Crippen LogP contribution in [0, 0.1) is 13.8 Å². The molecular weight excluding hydrogens is 330 g/mol. The summed E-state index contributed by atoms with van der Waals surface area (Å²) in [6.07, 6.45) is 0. The van der Waals surface area contributed by atoms with Crippen molar-refractivity contribution in [3.8, 4) is 11.4 Å². The molecule has 3 rings (SSSR count). The molecule has 0 aliphatic carbocycles. The van der Waals surface area contributed by atoms with E-state index in [2.05, 4.69) is 25.5 Å². The van der Waals surface area contributed by atoms with Crippen LogP contribution in [-0.4, -0.2) is 31.8 Å². The first-order valence-electron chi connectivity index (χ1n) is 6.94. The number of thiazole rings is 1. The molecule has 0 aliphatic rings. The number of aromatic nitrogens is 4. The molecule has 0 spiro atoms. The lowest BCUT2D eigenvalue weighted by Crippen LogP contribution is -2.13. The first-order valence-corrected chi connectivity index (χ1v) is 8.81. The zero-order chi connectivity index (χ0) is 16.2. The monoisotopic (exact) mass is 345 g/mol. The molecule has 0 fully saturated rings. The van der Waals surface area contributed by atoms with Crippen molar-refractivity contribution in [2.24, 2.45) is 0 Å². The molecule has 8 heteroatoms. The van der Waals surface area contributed by atoms with E-state index in [0.29, 0.717) is 16.1 Å². The Kier molecular flexibility index (Phi) is 4.73. The van der Waals surface area contributed by atoms with Gasteiger partial charge in [-0.3, -0.25) is 9.89 Å². The summed E-state index contributed by atoms with van der Waals surface area (Å²) >= 11 is 2.70. The number of hydrogen-bond donors (Lipinski definition) is 2. The van der Waals surface area contributed by atoms with Gasteiger partial charge >= 0.3 is 0 Å². The van der Waals surface area contributed by atoms with Gasteiger partial charge in [-0.25, -0.2) is 9.97 Å². The van der Waals surface area contributed by atoms with Crippen LogP contribution >= 0.6 is 23.1 Å². The highest BCUT2D eigenvalue weighted by molar-refractivity contribution is 7.99. The molecule has 23 heavy (non-hydrogen) atoms. The highest BCUT2D eigenvalue weighted by Gasteiger charge is 2.10. The van der Waals surface area contributed by atoms with Crippen molar-refractivity contribution in [3.63, 3.8) is 0 Å². The first kappa shape index (κ1) is 15.7. The van der Waals surface area contributed by atoms with Crippen LogP contribution in [0.25, 0.3) is 11.4 Å². The highest BCUT2D eigenvalue weighted by Crippen LogP contribution is 2.20. The van der Waals surface area contributed by atoms with Gasteiger partial charge in [0.15, 0.2) is 11.0 Å². The number of benzene rings is 1. The number of hydrogen-bond acceptors (Lipinski definition) is 6. The summed E-state index contributed by atoms with van der Waals surface area (Å²) in [7, 11) is 0. The van der Waals surface area contributed by atoms with Gasteiger partial charge in [-0.2, -0.15) is 0 Å². The molecule has 3 aromatic rings. The molecule has 118 valence electrons. The summed E-state index contributed by atoms with van der Waals surface area (Å²) in [5.74, 6) is 0.822. The Labute approximate surface area is 141 Å². The average Bonchev–Trinajstić information content (AvgIpc) is 3.14. The molecule has 0 bridgehead atoms. The van der Waals surface area contributed by atoms with Gasteiger partial charge in [0.05, 0.1) is 11.4 Å². The zero-order valence-electron chi connectivity index (χ0n) is 12.7. The minimum Gasteiger partial charge on any atom is -0.301 e. The van der Waals surface area contributed by atoms with Crippen LogP contribution in [0.4, 0.5) is 5.13 Å². The van der Waals surface area contributed by atoms with E-state index in [1.54, 1.807) is 0 Å². The van der Waals surface area contributed by atoms with Gasteiger partial charge in [0, 0.05) is 10.9 Å². The maximum atomic E-state index is 11.9. The summed E-state index contributed by atoms with van der Waals surface area (Å²) in [4.78, 5) is 20.5. The van der Waals surface area contributed by atoms with Crippen LogP contribution in [0.2, 0.25) is 0 Å². The minimum atomic E-state index is -0.119. The van der Waals surface area contributed by atoms with E-state index in [9.17, 15) is 4.79 Å². The number of nitrogens with zero attached hydrogens (tertiary/aromatic N) is 3. The molecule has 0 saturated heterocycles. The largest absolute Gasteiger partial charge is 0.301 e. The molecule has 1 amide bonds. The van der Waals surface area contributed by atoms with Crippen molar-refractivity contribution in [3.05, 3.63) is 40.9 Å². The molecule has 2 N–H and O–H groups in total. The zero-order valence-corrected chi connectivity index (χ0v) is 14.3. The second-order valence-electron chi connectivity index (χ2n) is 4.97. The summed E-state index contributed by atoms with van der Waals surface area (Å²) in [6, 6.07) is 8.01. The van der Waals surface area contributed by atoms with Crippen LogP contribution in [0.1, 0.15) is 11.3 Å². The lowest BCUT2D eigenvalue weighted by Gasteiger charge is -1.99. The highest BCUT2D eigenvalue weighted by atomic mass is 32.2. The number of aromatic amines is 1. The van der Waals surface area contributed by atoms with Crippen molar-refractivity contribution in [2.45, 2.75) is 19.0 Å². The Hall–Kier alpha value is -2.19. The third-order valence-corrected chi connectivity index (χ3v) is 4.68. The SMILES string of the molecule is Cc1cccc(-c2nc(SCC(=O)Nc3nc(C)cs3)n[nH]2)c1. The molecule has 0 atom stereocenters. The Morgan fingerprint density at radius 3 is 2.96 bits per heavy atom. The number of carbonyl (C=O) groups excluding carboxylic acids is 1. The first-order chi connectivity index (χ1) is 11.1. The number of rotatable bonds is 5. The van der Waals surface area contributed by atoms with Crippen molar-refractivity contribution < 1.29 is 4.79 Å². The third-order valence-electron chi connectivity index (χ3n) is 2.95. The van der Waals surface area contributed by atoms with Gasteiger partial charge in [0.1, 0.15) is 0 Å². The predicted molar refractivity (Wildman–Crippen MR) is 92.8 cm³/mol. The van der Waals surface area contributed by atoms with E-state index >= 15 is 0 Å². The average molecular weight is 345 g/mol. The van der Waals surface area contributed by atoms with Crippen molar-refractivity contribution in [2.75, 3.05) is 11.1 Å². The second-order valence-corrected chi connectivity index (χ2v) is 6.77. The lowest BCUT2D eigenvalue weighted by molar-refractivity contribution is -0.113. The molecule has 0 unspecified atom stereocenters. The smallest absolute Gasteiger partial charge is 0.236 e. The van der Waals surface area contributed by atoms with E-state index in [0.717, 1.165) is 16.8 Å². The minimum absolute atomic E-state index is 0.119. The number of nitrogens with one attached hydrogen (secondary N) is 2. The molecule has 0 radical (unpaired) electrons. The molecule has 1 aromatic carbocycles. The predicted octanol–water partition coefficient (Wildman–Crippen LogP) is 3.28. The van der Waals surface area contributed by atoms with Gasteiger partial charge < -0.3 is 5.32 Å². The van der Waals surface area contributed by atoms with Gasteiger partial charge in [0.2, 0.25) is 11.1 Å². The van der Waals surface area contributed by atoms with Gasteiger partial charge in [-0.1, -0.05) is 35.5 Å². The van der Waals surface area contributed by atoms with E-state index in [1.165, 1.54) is 23.1 Å². The normalized spacial score (nSPS) is 10.7. The molecule has 2 aromatic heterocycles. The molecule has 6 nitrogen and oxygen atoms in total. The number of anilines is 1. The van der Waals surface area contributed by atoms with E-state index in [-0.39, 0.29) is 11.7 Å². The Morgan fingerprint density at radius 2 is 2.22 bits per heavy atom. The Morgan fingerprint density at radius 1 is 1.35 bits per heavy atom. The van der Waals surface area contributed by atoms with Crippen LogP contribution in [-0.2, 0) is 4.79 Å². The van der Waals surface area contributed by atoms with Crippen molar-refractivity contribution in [1.29, 1.82) is 0 Å². The fourth-order valence-electron chi connectivity index (χ4n) is 1.93. The van der Waals surface area contributed by atoms with E-state index in [4.69, 9.17) is 0 Å². The van der Waals surface area contributed by atoms with E-state index < -0.39 is 0 Å². The number of thioether (sulfide) groups is 1. The Bertz CT molecular complexity index is 827. The van der Waals surface area contributed by atoms with E-state index in [1.807, 2.05) is 43.5 Å². The van der Waals surface area contributed by atoms with Crippen LogP contribution in [0.5, 0.6) is 0 Å². The second kappa shape index (κ2) is 6.93. The van der Waals surface area contributed by atoms with Gasteiger partial charge in [-0.15, -0.1) is 16.4 Å². The van der Waals surface area contributed by atoms with Crippen LogP contribution in [0.15, 0.2) is 34.8 Å². The molecule has 0 aliphatic heterocycles. The molecule has 0 saturated carbocycles. The third kappa shape index (κ3) is 4.17. The summed E-state index contributed by atoms with van der Waals surface area (Å²) in [5, 5.41) is 12.9. The van der Waals surface area contributed by atoms with Crippen LogP contribution < -0.4 is 5.32 Å². The van der Waals surface area contributed by atoms with Gasteiger partial charge in [-0.05, 0) is 19.9 Å². The Balaban J connectivity index is 1.58. The topological polar surface area (TPSA) is 83.6 Å². The summed E-state index contributed by atoms with van der Waals surface area (Å²) in [5.41, 5.74) is 3.04. The fourth-order valence-corrected chi connectivity index (χ4v) is 3.23. The van der Waals surface area contributed by atoms with Crippen LogP contribution in [0.3, 0.4) is 0 Å². The maximum Gasteiger partial charge on any atom is 0.236 e. The number of H-pyrrole nitrogens is 1. The van der Waals surface area contributed by atoms with Gasteiger partial charge in [0.25, 0.3) is 0 Å². The fraction of sp³-hybridized carbons (Fsp3) is 0.200. The number of carbonyl (C=O) groups is 1. The maximum absolute atomic E-state index is 11.9. The quantitative estimate of drug-likeness (QED) is 0.693. The molecular formula is C15H15N5OS2. The standard InChI is InChI=1S/C15H15N5OS2/c1-9-4-3-5-11(6-9)13-18-15(20-19-13)23-8-12(21)17-14-16-10(2)7-22-14/h3-7H,8H2,1-2H3,(H,16,17,21)(H,18,19,20). The lowest BCUT2D eigenvalue weighted by atomic mass is 10.1. The summed E-state index contributed by atoms with van der Waals surface area (Å²) < 4.78 is 0. The van der Waals surface area contributed by atoms with Crippen molar-refractivity contribution >= 4 is 34.1 Å². The van der Waals surface area contributed by atoms with Crippen molar-refractivity contribution in [1.82, 2.24) is 20.2 Å². The number of amides is 1. The summed E-state index contributed by atoms with van der Waals surface area (Å²) in [6.45, 7) is 3.92. The molecule has 2 heterocycles. The number of aryl methyl sites for hydroxylation is 2.